The Balaban J connectivity index is 3.07. The van der Waals surface area contributed by atoms with Crippen LogP contribution in [0.3, 0.4) is 0 Å². The molecule has 0 heterocycles. The van der Waals surface area contributed by atoms with Crippen molar-refractivity contribution in [3.8, 4) is 0 Å². The Bertz CT molecular complexity index is 99.1. The average Bonchev–Trinajstić information content (AvgIpc) is 1.89. The Morgan fingerprint density at radius 2 is 2.44 bits per heavy atom. The Labute approximate surface area is 56.0 Å². The molecule has 0 aliphatic carbocycles. The van der Waals surface area contributed by atoms with Crippen molar-refractivity contribution in [1.82, 2.24) is 0 Å². The zero-order valence-electron chi connectivity index (χ0n) is 5.81. The molecule has 0 aliphatic rings. The first-order valence-corrected chi connectivity index (χ1v) is 3.07. The number of hydrogen-bond acceptors (Lipinski definition) is 2. The molecule has 2 nitrogen and oxygen atoms in total. The van der Waals surface area contributed by atoms with Crippen molar-refractivity contribution in [2.75, 3.05) is 13.2 Å². The van der Waals surface area contributed by atoms with Crippen molar-refractivity contribution in [3.05, 3.63) is 12.2 Å². The summed E-state index contributed by atoms with van der Waals surface area (Å²) in [6, 6.07) is 0. The fourth-order valence-corrected chi connectivity index (χ4v) is 0.389. The summed E-state index contributed by atoms with van der Waals surface area (Å²) in [5.41, 5.74) is 0.725. The van der Waals surface area contributed by atoms with Gasteiger partial charge >= 0.3 is 0 Å². The Morgan fingerprint density at radius 1 is 1.78 bits per heavy atom. The van der Waals surface area contributed by atoms with Crippen LogP contribution < -0.4 is 0 Å². The summed E-state index contributed by atoms with van der Waals surface area (Å²) in [6.07, 6.45) is 2.24. The van der Waals surface area contributed by atoms with Crippen LogP contribution in [0.25, 0.3) is 0 Å². The predicted octanol–water partition coefficient (Wildman–Crippen LogP) is 1.62. The highest BCUT2D eigenvalue weighted by molar-refractivity contribution is 5.74. The maximum Gasteiger partial charge on any atom is 0.0725 e. The molecule has 9 heavy (non-hydrogen) atoms. The van der Waals surface area contributed by atoms with Gasteiger partial charge < -0.3 is 10.1 Å². The maximum atomic E-state index is 6.74. The van der Waals surface area contributed by atoms with Crippen LogP contribution in [-0.4, -0.2) is 19.4 Å². The lowest BCUT2D eigenvalue weighted by Crippen LogP contribution is -1.98. The summed E-state index contributed by atoms with van der Waals surface area (Å²) < 4.78 is 5.08. The van der Waals surface area contributed by atoms with Crippen LogP contribution in [0.5, 0.6) is 0 Å². The molecule has 0 aromatic heterocycles. The van der Waals surface area contributed by atoms with Crippen molar-refractivity contribution < 1.29 is 4.74 Å². The van der Waals surface area contributed by atoms with E-state index in [1.54, 1.807) is 0 Å². The van der Waals surface area contributed by atoms with Gasteiger partial charge in [0.25, 0.3) is 0 Å². The topological polar surface area (TPSA) is 33.1 Å². The van der Waals surface area contributed by atoms with E-state index in [2.05, 4.69) is 6.58 Å². The lowest BCUT2D eigenvalue weighted by Gasteiger charge is -1.98. The molecule has 0 unspecified atom stereocenters. The molecule has 0 aromatic rings. The van der Waals surface area contributed by atoms with Crippen LogP contribution in [-0.2, 0) is 4.74 Å². The fraction of sp³-hybridized carbons (Fsp3) is 0.571. The van der Waals surface area contributed by atoms with Gasteiger partial charge in [-0.25, -0.2) is 0 Å². The van der Waals surface area contributed by atoms with E-state index in [0.717, 1.165) is 18.6 Å². The van der Waals surface area contributed by atoms with Crippen LogP contribution in [0, 0.1) is 5.41 Å². The quantitative estimate of drug-likeness (QED) is 0.442. The van der Waals surface area contributed by atoms with Gasteiger partial charge in [-0.2, -0.15) is 0 Å². The molecular formula is C7H13NO. The highest BCUT2D eigenvalue weighted by atomic mass is 16.5. The minimum Gasteiger partial charge on any atom is -0.377 e. The van der Waals surface area contributed by atoms with Gasteiger partial charge in [-0.3, -0.25) is 0 Å². The van der Waals surface area contributed by atoms with Crippen molar-refractivity contribution in [2.45, 2.75) is 13.3 Å². The number of ether oxygens (including phenoxy) is 1. The van der Waals surface area contributed by atoms with Crippen LogP contribution in [0.15, 0.2) is 12.2 Å². The molecule has 52 valence electrons. The number of nitrogens with one attached hydrogen (secondary N) is 1. The van der Waals surface area contributed by atoms with E-state index >= 15 is 0 Å². The minimum absolute atomic E-state index is 0.497. The molecule has 0 atom stereocenters. The lowest BCUT2D eigenvalue weighted by atomic mass is 10.4. The van der Waals surface area contributed by atoms with Gasteiger partial charge in [-0.05, 0) is 12.0 Å². The molecule has 0 amide bonds. The van der Waals surface area contributed by atoms with Crippen molar-refractivity contribution in [2.24, 2.45) is 0 Å². The van der Waals surface area contributed by atoms with Gasteiger partial charge in [0, 0.05) is 12.8 Å². The van der Waals surface area contributed by atoms with Crippen molar-refractivity contribution >= 4 is 6.21 Å². The van der Waals surface area contributed by atoms with Crippen LogP contribution in [0.2, 0.25) is 0 Å². The molecule has 0 saturated carbocycles. The zero-order chi connectivity index (χ0) is 7.11. The van der Waals surface area contributed by atoms with E-state index in [0.29, 0.717) is 6.61 Å². The Hall–Kier alpha value is -0.630. The average molecular weight is 127 g/mol. The van der Waals surface area contributed by atoms with Crippen LogP contribution >= 0.6 is 0 Å². The molecule has 0 spiro atoms. The fourth-order valence-electron chi connectivity index (χ4n) is 0.389. The van der Waals surface area contributed by atoms with Crippen molar-refractivity contribution in [3.63, 3.8) is 0 Å². The van der Waals surface area contributed by atoms with E-state index in [1.807, 2.05) is 6.92 Å². The summed E-state index contributed by atoms with van der Waals surface area (Å²) in [5, 5.41) is 6.74. The first kappa shape index (κ1) is 8.37. The summed E-state index contributed by atoms with van der Waals surface area (Å²) in [4.78, 5) is 0. The molecule has 0 saturated heterocycles. The lowest BCUT2D eigenvalue weighted by molar-refractivity contribution is 0.160. The molecule has 1 N–H and O–H groups in total. The normalized spacial score (nSPS) is 9.00. The summed E-state index contributed by atoms with van der Waals surface area (Å²) in [5.74, 6) is 0. The van der Waals surface area contributed by atoms with E-state index in [9.17, 15) is 0 Å². The van der Waals surface area contributed by atoms with E-state index in [-0.39, 0.29) is 0 Å². The molecule has 0 rings (SSSR count). The monoisotopic (exact) mass is 127 g/mol. The van der Waals surface area contributed by atoms with Gasteiger partial charge in [-0.1, -0.05) is 13.5 Å². The molecule has 0 aliphatic heterocycles. The van der Waals surface area contributed by atoms with E-state index in [4.69, 9.17) is 10.1 Å². The third-order valence-corrected chi connectivity index (χ3v) is 0.840. The largest absolute Gasteiger partial charge is 0.377 e. The SMILES string of the molecule is C=C(C=N)COCCC. The second-order valence-corrected chi connectivity index (χ2v) is 1.86. The first-order chi connectivity index (χ1) is 4.31. The second-order valence-electron chi connectivity index (χ2n) is 1.86. The number of rotatable bonds is 5. The Kier molecular flexibility index (Phi) is 5.12. The van der Waals surface area contributed by atoms with Crippen LogP contribution in [0.4, 0.5) is 0 Å². The van der Waals surface area contributed by atoms with E-state index in [1.165, 1.54) is 6.21 Å². The summed E-state index contributed by atoms with van der Waals surface area (Å²) in [6.45, 7) is 6.88. The smallest absolute Gasteiger partial charge is 0.0725 e. The Morgan fingerprint density at radius 3 is 2.89 bits per heavy atom. The molecule has 0 bridgehead atoms. The third-order valence-electron chi connectivity index (χ3n) is 0.840. The zero-order valence-corrected chi connectivity index (χ0v) is 5.81. The van der Waals surface area contributed by atoms with Crippen LogP contribution in [0.1, 0.15) is 13.3 Å². The molecule has 0 aromatic carbocycles. The highest BCUT2D eigenvalue weighted by Gasteiger charge is 1.86. The van der Waals surface area contributed by atoms with Gasteiger partial charge in [-0.15, -0.1) is 0 Å². The minimum atomic E-state index is 0.497. The molecule has 2 heteroatoms. The first-order valence-electron chi connectivity index (χ1n) is 3.07. The van der Waals surface area contributed by atoms with Gasteiger partial charge in [0.2, 0.25) is 0 Å². The molecule has 0 fully saturated rings. The van der Waals surface area contributed by atoms with Crippen molar-refractivity contribution in [1.29, 1.82) is 5.41 Å². The van der Waals surface area contributed by atoms with Gasteiger partial charge in [0.15, 0.2) is 0 Å². The molecule has 0 radical (unpaired) electrons. The third kappa shape index (κ3) is 5.24. The highest BCUT2D eigenvalue weighted by Crippen LogP contribution is 1.87. The standard InChI is InChI=1S/C7H13NO/c1-3-4-9-6-7(2)5-8/h5,8H,2-4,6H2,1H3. The van der Waals surface area contributed by atoms with E-state index < -0.39 is 0 Å². The second kappa shape index (κ2) is 5.51. The van der Waals surface area contributed by atoms with Gasteiger partial charge in [0.05, 0.1) is 6.61 Å². The predicted molar refractivity (Wildman–Crippen MR) is 39.0 cm³/mol. The summed E-state index contributed by atoms with van der Waals surface area (Å²) >= 11 is 0. The summed E-state index contributed by atoms with van der Waals surface area (Å²) in [7, 11) is 0. The molecular weight excluding hydrogens is 114 g/mol. The maximum absolute atomic E-state index is 6.74. The number of hydrogen-bond donors (Lipinski definition) is 1. The van der Waals surface area contributed by atoms with Gasteiger partial charge in [0.1, 0.15) is 0 Å².